The first kappa shape index (κ1) is 22.0. The molecule has 3 N–H and O–H groups in total. The lowest BCUT2D eigenvalue weighted by atomic mass is 9.91. The number of nitrogens with one attached hydrogen (secondary N) is 1. The van der Waals surface area contributed by atoms with Gasteiger partial charge in [-0.15, -0.1) is 0 Å². The number of rotatable bonds is 4. The zero-order chi connectivity index (χ0) is 24.8. The zero-order valence-electron chi connectivity index (χ0n) is 19.8. The van der Waals surface area contributed by atoms with Crippen molar-refractivity contribution >= 4 is 34.4 Å². The van der Waals surface area contributed by atoms with E-state index in [0.717, 1.165) is 46.3 Å². The fourth-order valence-electron chi connectivity index (χ4n) is 5.30. The lowest BCUT2D eigenvalue weighted by Crippen LogP contribution is -2.44. The predicted octanol–water partition coefficient (Wildman–Crippen LogP) is 3.27. The summed E-state index contributed by atoms with van der Waals surface area (Å²) >= 11 is 0. The van der Waals surface area contributed by atoms with Gasteiger partial charge < -0.3 is 20.5 Å². The fourth-order valence-corrected chi connectivity index (χ4v) is 5.30. The van der Waals surface area contributed by atoms with Crippen molar-refractivity contribution in [2.45, 2.75) is 24.8 Å². The van der Waals surface area contributed by atoms with Crippen LogP contribution in [0.5, 0.6) is 0 Å². The molecule has 0 saturated carbocycles. The number of carbonyl (C=O) groups excluding carboxylic acids is 2. The first-order valence-electron chi connectivity index (χ1n) is 11.9. The number of hydrogen-bond donors (Lipinski definition) is 2. The standard InChI is InChI=1S/C27H25N7O2/c1-33-14-18(22-25(28)30-15-31-26(22)33)17-10-11-20(29-13-17)32-27(36)23-24(35)21(16-7-3-2-4-8-16)19-9-5-6-12-34(19)23/h2-4,7-11,13-15,21,23H,5-6,12H2,1H3,(H2,28,30,31)(H,29,32,36). The van der Waals surface area contributed by atoms with Crippen LogP contribution in [0.15, 0.2) is 73.0 Å². The Labute approximate surface area is 207 Å². The van der Waals surface area contributed by atoms with Crippen LogP contribution < -0.4 is 11.1 Å². The number of nitrogens with two attached hydrogens (primary N) is 1. The van der Waals surface area contributed by atoms with Crippen molar-refractivity contribution in [3.05, 3.63) is 78.5 Å². The third-order valence-electron chi connectivity index (χ3n) is 6.94. The van der Waals surface area contributed by atoms with Crippen LogP contribution in [-0.2, 0) is 16.6 Å². The molecule has 36 heavy (non-hydrogen) atoms. The molecule has 6 rings (SSSR count). The third-order valence-corrected chi connectivity index (χ3v) is 6.94. The predicted molar refractivity (Wildman–Crippen MR) is 137 cm³/mol. The van der Waals surface area contributed by atoms with Crippen LogP contribution in [-0.4, -0.2) is 48.7 Å². The highest BCUT2D eigenvalue weighted by atomic mass is 16.2. The Kier molecular flexibility index (Phi) is 5.25. The van der Waals surface area contributed by atoms with Crippen LogP contribution in [0.3, 0.4) is 0 Å². The number of nitrogens with zero attached hydrogens (tertiary/aromatic N) is 5. The highest BCUT2D eigenvalue weighted by Gasteiger charge is 2.48. The number of carbonyl (C=O) groups is 2. The quantitative estimate of drug-likeness (QED) is 0.431. The number of allylic oxidation sites excluding steroid dienone is 2. The van der Waals surface area contributed by atoms with Crippen molar-refractivity contribution in [1.29, 1.82) is 0 Å². The molecule has 0 bridgehead atoms. The van der Waals surface area contributed by atoms with Gasteiger partial charge in [0.25, 0.3) is 5.91 Å². The Balaban J connectivity index is 1.26. The number of amides is 1. The molecule has 3 aromatic heterocycles. The summed E-state index contributed by atoms with van der Waals surface area (Å²) in [5.41, 5.74) is 10.4. The molecule has 2 aliphatic heterocycles. The number of ketones is 1. The van der Waals surface area contributed by atoms with Crippen LogP contribution >= 0.6 is 0 Å². The van der Waals surface area contributed by atoms with Crippen molar-refractivity contribution in [3.63, 3.8) is 0 Å². The molecule has 1 amide bonds. The smallest absolute Gasteiger partial charge is 0.256 e. The topological polar surface area (TPSA) is 119 Å². The molecule has 2 unspecified atom stereocenters. The van der Waals surface area contributed by atoms with Crippen molar-refractivity contribution in [3.8, 4) is 11.1 Å². The monoisotopic (exact) mass is 479 g/mol. The lowest BCUT2D eigenvalue weighted by Gasteiger charge is -2.29. The zero-order valence-corrected chi connectivity index (χ0v) is 19.8. The summed E-state index contributed by atoms with van der Waals surface area (Å²) in [6.07, 6.45) is 8.95. The molecule has 0 aliphatic carbocycles. The Morgan fingerprint density at radius 1 is 1.11 bits per heavy atom. The molecule has 9 nitrogen and oxygen atoms in total. The largest absolute Gasteiger partial charge is 0.383 e. The average molecular weight is 480 g/mol. The van der Waals surface area contributed by atoms with Crippen LogP contribution in [0.1, 0.15) is 24.3 Å². The number of hydrogen-bond acceptors (Lipinski definition) is 7. The molecule has 9 heteroatoms. The van der Waals surface area contributed by atoms with Crippen LogP contribution in [0, 0.1) is 0 Å². The van der Waals surface area contributed by atoms with Gasteiger partial charge in [0, 0.05) is 42.8 Å². The van der Waals surface area contributed by atoms with Gasteiger partial charge in [0.15, 0.2) is 11.8 Å². The molecule has 1 aromatic carbocycles. The van der Waals surface area contributed by atoms with Gasteiger partial charge in [0.05, 0.1) is 11.3 Å². The second kappa shape index (κ2) is 8.60. The highest BCUT2D eigenvalue weighted by Crippen LogP contribution is 2.40. The number of aryl methyl sites for hydroxylation is 1. The van der Waals surface area contributed by atoms with Crippen molar-refractivity contribution in [2.75, 3.05) is 17.6 Å². The lowest BCUT2D eigenvalue weighted by molar-refractivity contribution is -0.129. The van der Waals surface area contributed by atoms with Crippen LogP contribution in [0.4, 0.5) is 11.6 Å². The SMILES string of the molecule is Cn1cc(-c2ccc(NC(=O)C3C(=O)C(c4ccccc4)C4=CCCCN43)nc2)c2c(N)ncnc21. The minimum atomic E-state index is -0.877. The number of anilines is 2. The summed E-state index contributed by atoms with van der Waals surface area (Å²) in [6, 6.07) is 12.4. The van der Waals surface area contributed by atoms with E-state index < -0.39 is 12.0 Å². The Hall–Kier alpha value is -4.53. The molecule has 0 radical (unpaired) electrons. The summed E-state index contributed by atoms with van der Waals surface area (Å²) in [5.74, 6) is -0.113. The van der Waals surface area contributed by atoms with E-state index in [0.29, 0.717) is 18.2 Å². The van der Waals surface area contributed by atoms with Gasteiger partial charge in [-0.2, -0.15) is 0 Å². The molecular formula is C27H25N7O2. The summed E-state index contributed by atoms with van der Waals surface area (Å²) in [6.45, 7) is 0.677. The first-order valence-corrected chi connectivity index (χ1v) is 11.9. The van der Waals surface area contributed by atoms with Gasteiger partial charge in [0.1, 0.15) is 23.6 Å². The van der Waals surface area contributed by atoms with Gasteiger partial charge in [-0.1, -0.05) is 36.4 Å². The number of fused-ring (bicyclic) bond motifs is 2. The van der Waals surface area contributed by atoms with E-state index in [1.165, 1.54) is 6.33 Å². The van der Waals surface area contributed by atoms with Crippen LogP contribution in [0.2, 0.25) is 0 Å². The van der Waals surface area contributed by atoms with E-state index in [-0.39, 0.29) is 11.7 Å². The summed E-state index contributed by atoms with van der Waals surface area (Å²) < 4.78 is 1.89. The highest BCUT2D eigenvalue weighted by molar-refractivity contribution is 6.15. The minimum Gasteiger partial charge on any atom is -0.383 e. The molecule has 1 saturated heterocycles. The Morgan fingerprint density at radius 3 is 2.72 bits per heavy atom. The third kappa shape index (κ3) is 3.51. The fraction of sp³-hybridized carbons (Fsp3) is 0.222. The van der Waals surface area contributed by atoms with Crippen molar-refractivity contribution in [2.24, 2.45) is 7.05 Å². The van der Waals surface area contributed by atoms with Gasteiger partial charge in [-0.3, -0.25) is 9.59 Å². The first-order chi connectivity index (χ1) is 17.5. The maximum Gasteiger partial charge on any atom is 0.256 e. The van der Waals surface area contributed by atoms with E-state index in [2.05, 4.69) is 26.3 Å². The number of benzene rings is 1. The van der Waals surface area contributed by atoms with E-state index in [1.807, 2.05) is 59.1 Å². The van der Waals surface area contributed by atoms with Crippen molar-refractivity contribution < 1.29 is 9.59 Å². The van der Waals surface area contributed by atoms with Crippen molar-refractivity contribution in [1.82, 2.24) is 24.4 Å². The summed E-state index contributed by atoms with van der Waals surface area (Å²) in [4.78, 5) is 41.7. The van der Waals surface area contributed by atoms with Crippen LogP contribution in [0.25, 0.3) is 22.2 Å². The van der Waals surface area contributed by atoms with E-state index >= 15 is 0 Å². The molecule has 2 aliphatic rings. The van der Waals surface area contributed by atoms with E-state index in [4.69, 9.17) is 5.73 Å². The van der Waals surface area contributed by atoms with E-state index in [9.17, 15) is 9.59 Å². The molecule has 4 aromatic rings. The van der Waals surface area contributed by atoms with Gasteiger partial charge >= 0.3 is 0 Å². The average Bonchev–Trinajstić information content (AvgIpc) is 3.39. The second-order valence-corrected chi connectivity index (χ2v) is 9.15. The summed E-state index contributed by atoms with van der Waals surface area (Å²) in [7, 11) is 1.89. The second-order valence-electron chi connectivity index (χ2n) is 9.15. The number of pyridine rings is 1. The molecule has 0 spiro atoms. The van der Waals surface area contributed by atoms with Gasteiger partial charge in [-0.25, -0.2) is 15.0 Å². The maximum absolute atomic E-state index is 13.5. The Morgan fingerprint density at radius 2 is 1.94 bits per heavy atom. The summed E-state index contributed by atoms with van der Waals surface area (Å²) in [5, 5.41) is 3.61. The van der Waals surface area contributed by atoms with Gasteiger partial charge in [-0.05, 0) is 30.5 Å². The molecule has 2 atom stereocenters. The maximum atomic E-state index is 13.5. The molecular weight excluding hydrogens is 454 g/mol. The number of nitrogen functional groups attached to an aromatic ring is 1. The Bertz CT molecular complexity index is 1510. The normalized spacial score (nSPS) is 19.3. The number of aromatic nitrogens is 4. The molecule has 180 valence electrons. The minimum absolute atomic E-state index is 0.102. The molecule has 5 heterocycles. The molecule has 1 fully saturated rings. The number of Topliss-reactive ketones (excluding diaryl/α,β-unsaturated/α-hetero) is 1. The van der Waals surface area contributed by atoms with E-state index in [1.54, 1.807) is 12.3 Å². The van der Waals surface area contributed by atoms with Gasteiger partial charge in [0.2, 0.25) is 0 Å².